The van der Waals surface area contributed by atoms with Gasteiger partial charge < -0.3 is 10.1 Å². The molecule has 0 radical (unpaired) electrons. The number of thiazole rings is 1. The number of ether oxygens (including phenoxy) is 1. The topological polar surface area (TPSA) is 68.3 Å². The van der Waals surface area contributed by atoms with Crippen molar-refractivity contribution >= 4 is 28.3 Å². The molecular formula is C13H18N2O3S. The van der Waals surface area contributed by atoms with Gasteiger partial charge in [-0.15, -0.1) is 0 Å². The number of carbonyl (C=O) groups excluding carboxylic acids is 2. The van der Waals surface area contributed by atoms with Crippen LogP contribution in [-0.2, 0) is 9.53 Å². The molecule has 19 heavy (non-hydrogen) atoms. The van der Waals surface area contributed by atoms with Gasteiger partial charge in [-0.25, -0.2) is 9.78 Å². The van der Waals surface area contributed by atoms with Gasteiger partial charge in [0.1, 0.15) is 4.88 Å². The summed E-state index contributed by atoms with van der Waals surface area (Å²) >= 11 is 1.18. The number of esters is 1. The van der Waals surface area contributed by atoms with Crippen molar-refractivity contribution < 1.29 is 14.3 Å². The van der Waals surface area contributed by atoms with E-state index < -0.39 is 0 Å². The molecule has 1 aliphatic carbocycles. The number of rotatable bonds is 5. The van der Waals surface area contributed by atoms with E-state index in [0.29, 0.717) is 28.2 Å². The van der Waals surface area contributed by atoms with Crippen LogP contribution in [0.5, 0.6) is 0 Å². The SMILES string of the molecule is Cc1nc(NC(=O)C2CC2)sc1C(=O)OCC(C)C. The Labute approximate surface area is 116 Å². The second kappa shape index (κ2) is 5.69. The molecule has 0 atom stereocenters. The van der Waals surface area contributed by atoms with E-state index in [4.69, 9.17) is 4.74 Å². The number of carbonyl (C=O) groups is 2. The first-order chi connectivity index (χ1) is 8.97. The summed E-state index contributed by atoms with van der Waals surface area (Å²) in [5.41, 5.74) is 0.602. The minimum Gasteiger partial charge on any atom is -0.461 e. The summed E-state index contributed by atoms with van der Waals surface area (Å²) in [7, 11) is 0. The number of aromatic nitrogens is 1. The quantitative estimate of drug-likeness (QED) is 0.843. The molecule has 1 aromatic rings. The van der Waals surface area contributed by atoms with Gasteiger partial charge in [0.15, 0.2) is 5.13 Å². The maximum atomic E-state index is 11.9. The molecule has 6 heteroatoms. The lowest BCUT2D eigenvalue weighted by atomic mass is 10.2. The van der Waals surface area contributed by atoms with Crippen LogP contribution >= 0.6 is 11.3 Å². The maximum Gasteiger partial charge on any atom is 0.350 e. The number of hydrogen-bond donors (Lipinski definition) is 1. The highest BCUT2D eigenvalue weighted by Crippen LogP contribution is 2.31. The third-order valence-electron chi connectivity index (χ3n) is 2.71. The molecule has 1 fully saturated rings. The highest BCUT2D eigenvalue weighted by molar-refractivity contribution is 7.17. The third-order valence-corrected chi connectivity index (χ3v) is 3.76. The zero-order chi connectivity index (χ0) is 14.0. The van der Waals surface area contributed by atoms with Gasteiger partial charge in [0.25, 0.3) is 0 Å². The van der Waals surface area contributed by atoms with Crippen LogP contribution in [0.2, 0.25) is 0 Å². The first kappa shape index (κ1) is 14.0. The van der Waals surface area contributed by atoms with Crippen LogP contribution in [0.1, 0.15) is 42.1 Å². The standard InChI is InChI=1S/C13H18N2O3S/c1-7(2)6-18-12(17)10-8(3)14-13(19-10)15-11(16)9-4-5-9/h7,9H,4-6H2,1-3H3,(H,14,15,16). The molecule has 1 aliphatic rings. The van der Waals surface area contributed by atoms with Gasteiger partial charge in [-0.3, -0.25) is 4.79 Å². The van der Waals surface area contributed by atoms with Crippen LogP contribution in [0.25, 0.3) is 0 Å². The van der Waals surface area contributed by atoms with Gasteiger partial charge in [0.05, 0.1) is 12.3 Å². The van der Waals surface area contributed by atoms with Gasteiger partial charge in [-0.1, -0.05) is 25.2 Å². The molecular weight excluding hydrogens is 264 g/mol. The largest absolute Gasteiger partial charge is 0.461 e. The molecule has 1 heterocycles. The first-order valence-electron chi connectivity index (χ1n) is 6.42. The summed E-state index contributed by atoms with van der Waals surface area (Å²) in [6, 6.07) is 0. The van der Waals surface area contributed by atoms with Crippen molar-refractivity contribution in [1.29, 1.82) is 0 Å². The zero-order valence-corrected chi connectivity index (χ0v) is 12.2. The molecule has 0 spiro atoms. The Balaban J connectivity index is 1.99. The lowest BCUT2D eigenvalue weighted by Gasteiger charge is -2.05. The van der Waals surface area contributed by atoms with Gasteiger partial charge in [-0.05, 0) is 25.7 Å². The molecule has 1 aromatic heterocycles. The van der Waals surface area contributed by atoms with Crippen molar-refractivity contribution in [2.24, 2.45) is 11.8 Å². The summed E-state index contributed by atoms with van der Waals surface area (Å²) < 4.78 is 5.17. The molecule has 1 N–H and O–H groups in total. The second-order valence-corrected chi connectivity index (χ2v) is 6.19. The van der Waals surface area contributed by atoms with Crippen molar-refractivity contribution in [3.8, 4) is 0 Å². The summed E-state index contributed by atoms with van der Waals surface area (Å²) in [6.07, 6.45) is 1.89. The number of anilines is 1. The third kappa shape index (κ3) is 3.76. The number of nitrogens with one attached hydrogen (secondary N) is 1. The maximum absolute atomic E-state index is 11.9. The van der Waals surface area contributed by atoms with Crippen LogP contribution < -0.4 is 5.32 Å². The van der Waals surface area contributed by atoms with E-state index in [0.717, 1.165) is 12.8 Å². The number of hydrogen-bond acceptors (Lipinski definition) is 5. The molecule has 1 saturated carbocycles. The van der Waals surface area contributed by atoms with E-state index >= 15 is 0 Å². The molecule has 104 valence electrons. The molecule has 0 unspecified atom stereocenters. The van der Waals surface area contributed by atoms with Gasteiger partial charge >= 0.3 is 5.97 Å². The Hall–Kier alpha value is -1.43. The minimum atomic E-state index is -0.365. The monoisotopic (exact) mass is 282 g/mol. The van der Waals surface area contributed by atoms with E-state index in [9.17, 15) is 9.59 Å². The van der Waals surface area contributed by atoms with Crippen LogP contribution in [0.15, 0.2) is 0 Å². The predicted octanol–water partition coefficient (Wildman–Crippen LogP) is 2.61. The highest BCUT2D eigenvalue weighted by Gasteiger charge is 2.30. The summed E-state index contributed by atoms with van der Waals surface area (Å²) in [4.78, 5) is 28.1. The molecule has 0 aromatic carbocycles. The molecule has 2 rings (SSSR count). The fraction of sp³-hybridized carbons (Fsp3) is 0.615. The smallest absolute Gasteiger partial charge is 0.350 e. The van der Waals surface area contributed by atoms with Crippen molar-refractivity contribution in [2.45, 2.75) is 33.6 Å². The number of amides is 1. The van der Waals surface area contributed by atoms with E-state index in [1.807, 2.05) is 13.8 Å². The van der Waals surface area contributed by atoms with Crippen LogP contribution in [0.3, 0.4) is 0 Å². The Morgan fingerprint density at radius 2 is 2.16 bits per heavy atom. The second-order valence-electron chi connectivity index (χ2n) is 5.19. The number of nitrogens with zero attached hydrogens (tertiary/aromatic N) is 1. The molecule has 0 saturated heterocycles. The summed E-state index contributed by atoms with van der Waals surface area (Å²) in [5, 5.41) is 3.22. The predicted molar refractivity (Wildman–Crippen MR) is 73.3 cm³/mol. The van der Waals surface area contributed by atoms with Gasteiger partial charge in [-0.2, -0.15) is 0 Å². The first-order valence-corrected chi connectivity index (χ1v) is 7.24. The van der Waals surface area contributed by atoms with E-state index in [-0.39, 0.29) is 17.8 Å². The van der Waals surface area contributed by atoms with Crippen LogP contribution in [-0.4, -0.2) is 23.5 Å². The Morgan fingerprint density at radius 1 is 1.47 bits per heavy atom. The molecule has 5 nitrogen and oxygen atoms in total. The highest BCUT2D eigenvalue weighted by atomic mass is 32.1. The van der Waals surface area contributed by atoms with Gasteiger partial charge in [0.2, 0.25) is 5.91 Å². The van der Waals surface area contributed by atoms with E-state index in [1.54, 1.807) is 6.92 Å². The lowest BCUT2D eigenvalue weighted by molar-refractivity contribution is -0.117. The molecule has 0 aliphatic heterocycles. The average Bonchev–Trinajstić information content (AvgIpc) is 3.11. The summed E-state index contributed by atoms with van der Waals surface area (Å²) in [5.74, 6) is 0.0539. The van der Waals surface area contributed by atoms with Crippen LogP contribution in [0, 0.1) is 18.8 Å². The van der Waals surface area contributed by atoms with Gasteiger partial charge in [0, 0.05) is 5.92 Å². The molecule has 0 bridgehead atoms. The molecule has 1 amide bonds. The normalized spacial score (nSPS) is 14.5. The summed E-state index contributed by atoms with van der Waals surface area (Å²) in [6.45, 7) is 6.09. The van der Waals surface area contributed by atoms with Crippen molar-refractivity contribution in [1.82, 2.24) is 4.98 Å². The van der Waals surface area contributed by atoms with E-state index in [2.05, 4.69) is 10.3 Å². The lowest BCUT2D eigenvalue weighted by Crippen LogP contribution is -2.12. The van der Waals surface area contributed by atoms with E-state index in [1.165, 1.54) is 11.3 Å². The number of aryl methyl sites for hydroxylation is 1. The van der Waals surface area contributed by atoms with Crippen molar-refractivity contribution in [3.05, 3.63) is 10.6 Å². The van der Waals surface area contributed by atoms with Crippen LogP contribution in [0.4, 0.5) is 5.13 Å². The minimum absolute atomic E-state index is 0.00384. The van der Waals surface area contributed by atoms with Crippen molar-refractivity contribution in [2.75, 3.05) is 11.9 Å². The zero-order valence-electron chi connectivity index (χ0n) is 11.4. The van der Waals surface area contributed by atoms with Crippen molar-refractivity contribution in [3.63, 3.8) is 0 Å². The average molecular weight is 282 g/mol. The Bertz CT molecular complexity index is 492. The fourth-order valence-electron chi connectivity index (χ4n) is 1.50. The fourth-order valence-corrected chi connectivity index (χ4v) is 2.36. The Morgan fingerprint density at radius 3 is 2.74 bits per heavy atom. The Kier molecular flexibility index (Phi) is 4.19.